The van der Waals surface area contributed by atoms with E-state index >= 15 is 0 Å². The van der Waals surface area contributed by atoms with E-state index in [2.05, 4.69) is 0 Å². The third-order valence-electron chi connectivity index (χ3n) is 5.51. The number of nitrogens with zero attached hydrogens (tertiary/aromatic N) is 2. The normalized spacial score (nSPS) is 27.1. The molecule has 2 heterocycles. The van der Waals surface area contributed by atoms with Gasteiger partial charge in [0.05, 0.1) is 19.3 Å². The largest absolute Gasteiger partial charge is 0.497 e. The Morgan fingerprint density at radius 1 is 1.09 bits per heavy atom. The summed E-state index contributed by atoms with van der Waals surface area (Å²) in [6, 6.07) is 5.72. The fourth-order valence-electron chi connectivity index (χ4n) is 4.39. The lowest BCUT2D eigenvalue weighted by Crippen LogP contribution is -2.74. The summed E-state index contributed by atoms with van der Waals surface area (Å²) >= 11 is 0. The molecule has 2 amide bonds. The highest BCUT2D eigenvalue weighted by Gasteiger charge is 2.63. The van der Waals surface area contributed by atoms with E-state index in [9.17, 15) is 14.4 Å². The van der Waals surface area contributed by atoms with E-state index in [1.807, 2.05) is 6.92 Å². The average molecular weight is 449 g/mol. The second kappa shape index (κ2) is 8.27. The van der Waals surface area contributed by atoms with Gasteiger partial charge in [0.25, 0.3) is 5.91 Å². The van der Waals surface area contributed by atoms with Gasteiger partial charge in [0, 0.05) is 12.6 Å². The lowest BCUT2D eigenvalue weighted by atomic mass is 9.86. The molecular weight excluding hydrogens is 416 g/mol. The van der Waals surface area contributed by atoms with Gasteiger partial charge in [-0.15, -0.1) is 0 Å². The Bertz CT molecular complexity index is 891. The van der Waals surface area contributed by atoms with Crippen molar-refractivity contribution in [3.63, 3.8) is 0 Å². The molecule has 4 atom stereocenters. The zero-order chi connectivity index (χ0) is 24.0. The van der Waals surface area contributed by atoms with Crippen molar-refractivity contribution in [3.05, 3.63) is 24.3 Å². The molecule has 0 bridgehead atoms. The molecule has 32 heavy (non-hydrogen) atoms. The van der Waals surface area contributed by atoms with Crippen molar-refractivity contribution >= 4 is 23.7 Å². The first-order chi connectivity index (χ1) is 14.8. The maximum atomic E-state index is 13.2. The summed E-state index contributed by atoms with van der Waals surface area (Å²) in [7, 11) is 1.56. The Hall–Kier alpha value is -2.81. The van der Waals surface area contributed by atoms with Crippen LogP contribution in [0.4, 0.5) is 10.5 Å². The summed E-state index contributed by atoms with van der Waals surface area (Å²) in [6.07, 6.45) is -2.05. The SMILES string of the molecule is COc1ccc(N2C(=O)[C@@H](OC(C)=O)[C@H]2C2[C@H](C)OC(C)(C)N2C(=O)OC(C)(C)C)cc1. The lowest BCUT2D eigenvalue weighted by molar-refractivity contribution is -0.162. The number of ether oxygens (including phenoxy) is 4. The fourth-order valence-corrected chi connectivity index (χ4v) is 4.39. The van der Waals surface area contributed by atoms with E-state index in [1.54, 1.807) is 66.0 Å². The highest BCUT2D eigenvalue weighted by molar-refractivity contribution is 6.06. The number of hydrogen-bond donors (Lipinski definition) is 0. The molecule has 1 aromatic carbocycles. The van der Waals surface area contributed by atoms with Crippen LogP contribution < -0.4 is 9.64 Å². The summed E-state index contributed by atoms with van der Waals surface area (Å²) in [5, 5.41) is 0. The quantitative estimate of drug-likeness (QED) is 0.516. The van der Waals surface area contributed by atoms with E-state index < -0.39 is 47.7 Å². The number of methoxy groups -OCH3 is 1. The summed E-state index contributed by atoms with van der Waals surface area (Å²) in [5.74, 6) is -0.294. The molecule has 1 aromatic rings. The first-order valence-electron chi connectivity index (χ1n) is 10.6. The number of amides is 2. The van der Waals surface area contributed by atoms with E-state index in [4.69, 9.17) is 18.9 Å². The van der Waals surface area contributed by atoms with Crippen molar-refractivity contribution in [1.82, 2.24) is 4.90 Å². The molecule has 1 unspecified atom stereocenters. The number of rotatable bonds is 4. The Morgan fingerprint density at radius 2 is 1.69 bits per heavy atom. The lowest BCUT2D eigenvalue weighted by Gasteiger charge is -2.51. The molecule has 0 radical (unpaired) electrons. The molecule has 2 aliphatic heterocycles. The van der Waals surface area contributed by atoms with Crippen molar-refractivity contribution in [2.24, 2.45) is 0 Å². The second-order valence-electron chi connectivity index (χ2n) is 9.54. The van der Waals surface area contributed by atoms with Crippen LogP contribution in [0.3, 0.4) is 0 Å². The Kier molecular flexibility index (Phi) is 6.16. The zero-order valence-electron chi connectivity index (χ0n) is 19.9. The minimum atomic E-state index is -1.04. The number of hydrogen-bond acceptors (Lipinski definition) is 7. The van der Waals surface area contributed by atoms with E-state index in [-0.39, 0.29) is 5.91 Å². The first-order valence-corrected chi connectivity index (χ1v) is 10.6. The Balaban J connectivity index is 2.02. The van der Waals surface area contributed by atoms with Gasteiger partial charge in [-0.25, -0.2) is 4.79 Å². The average Bonchev–Trinajstić information content (AvgIpc) is 2.90. The summed E-state index contributed by atoms with van der Waals surface area (Å²) in [6.45, 7) is 12.0. The fraction of sp³-hybridized carbons (Fsp3) is 0.609. The molecule has 2 aliphatic rings. The van der Waals surface area contributed by atoms with Gasteiger partial charge in [-0.3, -0.25) is 19.4 Å². The van der Waals surface area contributed by atoms with Gasteiger partial charge < -0.3 is 18.9 Å². The van der Waals surface area contributed by atoms with Gasteiger partial charge in [-0.1, -0.05) is 0 Å². The highest BCUT2D eigenvalue weighted by atomic mass is 16.6. The van der Waals surface area contributed by atoms with Crippen molar-refractivity contribution in [1.29, 1.82) is 0 Å². The predicted molar refractivity (Wildman–Crippen MR) is 116 cm³/mol. The van der Waals surface area contributed by atoms with Crippen LogP contribution in [0.2, 0.25) is 0 Å². The standard InChI is InChI=1S/C23H32N2O7/c1-13-17(25(23(6,7)31-13)21(28)32-22(3,4)5)18-19(30-14(2)26)20(27)24(18)15-9-11-16(29-8)12-10-15/h9-13,17-19H,1-8H3/t13-,17?,18+,19-/m0/s1. The van der Waals surface area contributed by atoms with Crippen LogP contribution in [0, 0.1) is 0 Å². The van der Waals surface area contributed by atoms with Gasteiger partial charge in [0.2, 0.25) is 6.10 Å². The third kappa shape index (κ3) is 4.39. The van der Waals surface area contributed by atoms with Gasteiger partial charge >= 0.3 is 12.1 Å². The number of β-lactam (4-membered cyclic amide) rings is 1. The molecule has 2 fully saturated rings. The van der Waals surface area contributed by atoms with E-state index in [1.165, 1.54) is 16.7 Å². The number of benzene rings is 1. The van der Waals surface area contributed by atoms with E-state index in [0.717, 1.165) is 0 Å². The Labute approximate surface area is 188 Å². The molecule has 0 spiro atoms. The molecule has 0 saturated carbocycles. The van der Waals surface area contributed by atoms with Gasteiger partial charge in [0.15, 0.2) is 0 Å². The topological polar surface area (TPSA) is 94.6 Å². The minimum absolute atomic E-state index is 0.364. The van der Waals surface area contributed by atoms with Crippen LogP contribution in [0.25, 0.3) is 0 Å². The second-order valence-corrected chi connectivity index (χ2v) is 9.54. The molecule has 3 rings (SSSR count). The number of carbonyl (C=O) groups excluding carboxylic acids is 3. The van der Waals surface area contributed by atoms with Crippen molar-refractivity contribution in [2.75, 3.05) is 12.0 Å². The molecular formula is C23H32N2O7. The maximum absolute atomic E-state index is 13.2. The summed E-state index contributed by atoms with van der Waals surface area (Å²) in [4.78, 5) is 41.0. The van der Waals surface area contributed by atoms with Crippen molar-refractivity contribution < 1.29 is 33.3 Å². The van der Waals surface area contributed by atoms with Crippen LogP contribution in [-0.4, -0.2) is 65.6 Å². The summed E-state index contributed by atoms with van der Waals surface area (Å²) in [5.41, 5.74) is -1.10. The van der Waals surface area contributed by atoms with Gasteiger partial charge in [0.1, 0.15) is 23.1 Å². The molecule has 2 saturated heterocycles. The van der Waals surface area contributed by atoms with Crippen LogP contribution >= 0.6 is 0 Å². The predicted octanol–water partition coefficient (Wildman–Crippen LogP) is 3.10. The monoisotopic (exact) mass is 448 g/mol. The van der Waals surface area contributed by atoms with Crippen LogP contribution in [0.1, 0.15) is 48.5 Å². The maximum Gasteiger partial charge on any atom is 0.412 e. The molecule has 9 nitrogen and oxygen atoms in total. The van der Waals surface area contributed by atoms with Gasteiger partial charge in [-0.05, 0) is 65.8 Å². The van der Waals surface area contributed by atoms with E-state index in [0.29, 0.717) is 11.4 Å². The molecule has 0 aliphatic carbocycles. The number of anilines is 1. The molecule has 0 aromatic heterocycles. The first kappa shape index (κ1) is 23.8. The molecule has 0 N–H and O–H groups in total. The van der Waals surface area contributed by atoms with Crippen LogP contribution in [-0.2, 0) is 23.8 Å². The highest BCUT2D eigenvalue weighted by Crippen LogP contribution is 2.43. The van der Waals surface area contributed by atoms with Crippen LogP contribution in [0.15, 0.2) is 24.3 Å². The van der Waals surface area contributed by atoms with Crippen molar-refractivity contribution in [2.45, 2.75) is 84.1 Å². The number of carbonyl (C=O) groups is 3. The zero-order valence-corrected chi connectivity index (χ0v) is 19.9. The van der Waals surface area contributed by atoms with Crippen LogP contribution in [0.5, 0.6) is 5.75 Å². The Morgan fingerprint density at radius 3 is 2.19 bits per heavy atom. The van der Waals surface area contributed by atoms with Gasteiger partial charge in [-0.2, -0.15) is 0 Å². The third-order valence-corrected chi connectivity index (χ3v) is 5.51. The molecule has 9 heteroatoms. The minimum Gasteiger partial charge on any atom is -0.497 e. The van der Waals surface area contributed by atoms with Crippen molar-refractivity contribution in [3.8, 4) is 5.75 Å². The molecule has 176 valence electrons. The smallest absolute Gasteiger partial charge is 0.412 e. The summed E-state index contributed by atoms with van der Waals surface area (Å²) < 4.78 is 22.3. The number of esters is 1.